The maximum atomic E-state index is 10.8. The third kappa shape index (κ3) is 2.49. The van der Waals surface area contributed by atoms with E-state index in [0.29, 0.717) is 5.56 Å². The molecule has 0 fully saturated rings. The number of aliphatic hydroxyl groups excluding tert-OH is 1. The molecule has 1 atom stereocenters. The van der Waals surface area contributed by atoms with E-state index >= 15 is 0 Å². The molecule has 0 saturated heterocycles. The molecule has 0 aromatic heterocycles. The van der Waals surface area contributed by atoms with Gasteiger partial charge in [-0.05, 0) is 30.5 Å². The molecule has 0 radical (unpaired) electrons. The second-order valence-electron chi connectivity index (χ2n) is 4.55. The molecule has 0 aliphatic carbocycles. The van der Waals surface area contributed by atoms with Gasteiger partial charge < -0.3 is 5.11 Å². The number of hydrogen-bond acceptors (Lipinski definition) is 2. The Morgan fingerprint density at radius 1 is 1.06 bits per heavy atom. The maximum absolute atomic E-state index is 10.8. The van der Waals surface area contributed by atoms with Crippen molar-refractivity contribution in [3.05, 3.63) is 70.3 Å². The van der Waals surface area contributed by atoms with Gasteiger partial charge in [-0.3, -0.25) is 4.79 Å². The highest BCUT2D eigenvalue weighted by Crippen LogP contribution is 2.24. The lowest BCUT2D eigenvalue weighted by molar-refractivity contribution is 0.112. The lowest BCUT2D eigenvalue weighted by Gasteiger charge is -2.13. The molecule has 0 heterocycles. The van der Waals surface area contributed by atoms with Crippen LogP contribution in [0.15, 0.2) is 42.5 Å². The number of hydrogen-bond donors (Lipinski definition) is 1. The molecule has 0 aliphatic heterocycles. The summed E-state index contributed by atoms with van der Waals surface area (Å²) >= 11 is 0. The van der Waals surface area contributed by atoms with Crippen LogP contribution >= 0.6 is 0 Å². The SMILES string of the molecule is Cc1cccc(C(O)c2ccc(C=O)c(C)c2)c1. The first-order valence-corrected chi connectivity index (χ1v) is 5.92. The summed E-state index contributed by atoms with van der Waals surface area (Å²) in [5.41, 5.74) is 4.34. The lowest BCUT2D eigenvalue weighted by atomic mass is 9.97. The van der Waals surface area contributed by atoms with Crippen molar-refractivity contribution < 1.29 is 9.90 Å². The molecular weight excluding hydrogens is 224 g/mol. The summed E-state index contributed by atoms with van der Waals surface area (Å²) in [5.74, 6) is 0. The average molecular weight is 240 g/mol. The predicted molar refractivity (Wildman–Crippen MR) is 71.8 cm³/mol. The van der Waals surface area contributed by atoms with Crippen molar-refractivity contribution in [2.75, 3.05) is 0 Å². The van der Waals surface area contributed by atoms with Crippen LogP contribution in [0.25, 0.3) is 0 Å². The number of carbonyl (C=O) groups is 1. The molecule has 92 valence electrons. The zero-order valence-corrected chi connectivity index (χ0v) is 10.6. The highest BCUT2D eigenvalue weighted by Gasteiger charge is 2.11. The van der Waals surface area contributed by atoms with Crippen molar-refractivity contribution in [3.8, 4) is 0 Å². The van der Waals surface area contributed by atoms with Crippen LogP contribution in [0.3, 0.4) is 0 Å². The van der Waals surface area contributed by atoms with Gasteiger partial charge in [0.25, 0.3) is 0 Å². The monoisotopic (exact) mass is 240 g/mol. The Morgan fingerprint density at radius 3 is 2.39 bits per heavy atom. The Morgan fingerprint density at radius 2 is 1.78 bits per heavy atom. The molecule has 18 heavy (non-hydrogen) atoms. The number of rotatable bonds is 3. The van der Waals surface area contributed by atoms with E-state index in [0.717, 1.165) is 28.5 Å². The van der Waals surface area contributed by atoms with Crippen LogP contribution in [0.4, 0.5) is 0 Å². The van der Waals surface area contributed by atoms with Crippen LogP contribution in [-0.2, 0) is 0 Å². The summed E-state index contributed by atoms with van der Waals surface area (Å²) < 4.78 is 0. The first kappa shape index (κ1) is 12.5. The van der Waals surface area contributed by atoms with E-state index in [9.17, 15) is 9.90 Å². The Labute approximate surface area is 107 Å². The van der Waals surface area contributed by atoms with Gasteiger partial charge in [-0.25, -0.2) is 0 Å². The molecule has 0 saturated carbocycles. The summed E-state index contributed by atoms with van der Waals surface area (Å²) in [6.07, 6.45) is 0.183. The highest BCUT2D eigenvalue weighted by molar-refractivity contribution is 5.77. The fourth-order valence-electron chi connectivity index (χ4n) is 2.03. The summed E-state index contributed by atoms with van der Waals surface area (Å²) in [4.78, 5) is 10.8. The van der Waals surface area contributed by atoms with Crippen LogP contribution in [0.5, 0.6) is 0 Å². The van der Waals surface area contributed by atoms with Crippen LogP contribution < -0.4 is 0 Å². The third-order valence-corrected chi connectivity index (χ3v) is 3.09. The van der Waals surface area contributed by atoms with E-state index in [1.807, 2.05) is 44.2 Å². The van der Waals surface area contributed by atoms with Gasteiger partial charge in [0.2, 0.25) is 0 Å². The number of carbonyl (C=O) groups excluding carboxylic acids is 1. The van der Waals surface area contributed by atoms with Crippen LogP contribution in [0, 0.1) is 13.8 Å². The van der Waals surface area contributed by atoms with Gasteiger partial charge >= 0.3 is 0 Å². The van der Waals surface area contributed by atoms with Gasteiger partial charge in [0.05, 0.1) is 0 Å². The molecule has 2 aromatic carbocycles. The largest absolute Gasteiger partial charge is 0.384 e. The van der Waals surface area contributed by atoms with Crippen LogP contribution in [0.1, 0.15) is 38.7 Å². The molecule has 2 aromatic rings. The Balaban J connectivity index is 2.37. The summed E-state index contributed by atoms with van der Waals surface area (Å²) in [7, 11) is 0. The van der Waals surface area contributed by atoms with Crippen molar-refractivity contribution in [1.29, 1.82) is 0 Å². The van der Waals surface area contributed by atoms with Crippen molar-refractivity contribution in [1.82, 2.24) is 0 Å². The van der Waals surface area contributed by atoms with Crippen molar-refractivity contribution >= 4 is 6.29 Å². The molecule has 0 spiro atoms. The van der Waals surface area contributed by atoms with Crippen molar-refractivity contribution in [3.63, 3.8) is 0 Å². The number of aryl methyl sites for hydroxylation is 2. The van der Waals surface area contributed by atoms with E-state index in [4.69, 9.17) is 0 Å². The normalized spacial score (nSPS) is 12.2. The van der Waals surface area contributed by atoms with Gasteiger partial charge in [0.1, 0.15) is 12.4 Å². The van der Waals surface area contributed by atoms with Gasteiger partial charge in [-0.1, -0.05) is 48.0 Å². The van der Waals surface area contributed by atoms with E-state index in [1.165, 1.54) is 0 Å². The lowest BCUT2D eigenvalue weighted by Crippen LogP contribution is -2.01. The molecule has 0 bridgehead atoms. The minimum Gasteiger partial charge on any atom is -0.384 e. The molecule has 0 aliphatic rings. The molecule has 1 unspecified atom stereocenters. The second-order valence-corrected chi connectivity index (χ2v) is 4.55. The molecular formula is C16H16O2. The summed E-state index contributed by atoms with van der Waals surface area (Å²) in [6, 6.07) is 13.2. The minimum absolute atomic E-state index is 0.649. The zero-order valence-electron chi connectivity index (χ0n) is 10.6. The number of aliphatic hydroxyl groups is 1. The van der Waals surface area contributed by atoms with E-state index in [-0.39, 0.29) is 0 Å². The van der Waals surface area contributed by atoms with E-state index in [2.05, 4.69) is 0 Å². The fourth-order valence-corrected chi connectivity index (χ4v) is 2.03. The Bertz CT molecular complexity index is 573. The quantitative estimate of drug-likeness (QED) is 0.836. The van der Waals surface area contributed by atoms with Crippen LogP contribution in [-0.4, -0.2) is 11.4 Å². The predicted octanol–water partition coefficient (Wildman–Crippen LogP) is 3.20. The molecule has 2 nitrogen and oxygen atoms in total. The topological polar surface area (TPSA) is 37.3 Å². The van der Waals surface area contributed by atoms with Gasteiger partial charge in [-0.2, -0.15) is 0 Å². The van der Waals surface area contributed by atoms with Crippen LogP contribution in [0.2, 0.25) is 0 Å². The molecule has 2 rings (SSSR count). The highest BCUT2D eigenvalue weighted by atomic mass is 16.3. The van der Waals surface area contributed by atoms with E-state index < -0.39 is 6.10 Å². The first-order chi connectivity index (χ1) is 8.61. The smallest absolute Gasteiger partial charge is 0.150 e. The summed E-state index contributed by atoms with van der Waals surface area (Å²) in [5, 5.41) is 10.3. The van der Waals surface area contributed by atoms with Gasteiger partial charge in [0.15, 0.2) is 0 Å². The standard InChI is InChI=1S/C16H16O2/c1-11-4-3-5-13(8-11)16(18)14-6-7-15(10-17)12(2)9-14/h3-10,16,18H,1-2H3. The third-order valence-electron chi connectivity index (χ3n) is 3.09. The Kier molecular flexibility index (Phi) is 3.58. The molecule has 2 heteroatoms. The van der Waals surface area contributed by atoms with Gasteiger partial charge in [0, 0.05) is 5.56 Å². The number of benzene rings is 2. The van der Waals surface area contributed by atoms with E-state index in [1.54, 1.807) is 12.1 Å². The van der Waals surface area contributed by atoms with Gasteiger partial charge in [-0.15, -0.1) is 0 Å². The first-order valence-electron chi connectivity index (χ1n) is 5.92. The number of aldehydes is 1. The summed E-state index contributed by atoms with van der Waals surface area (Å²) in [6.45, 7) is 3.87. The van der Waals surface area contributed by atoms with Crippen molar-refractivity contribution in [2.24, 2.45) is 0 Å². The maximum Gasteiger partial charge on any atom is 0.150 e. The average Bonchev–Trinajstić information content (AvgIpc) is 2.37. The fraction of sp³-hybridized carbons (Fsp3) is 0.188. The zero-order chi connectivity index (χ0) is 13.1. The molecule has 0 amide bonds. The Hall–Kier alpha value is -1.93. The second kappa shape index (κ2) is 5.15. The minimum atomic E-state index is -0.649. The van der Waals surface area contributed by atoms with Crippen molar-refractivity contribution in [2.45, 2.75) is 20.0 Å². The molecule has 1 N–H and O–H groups in total.